The van der Waals surface area contributed by atoms with E-state index in [0.717, 1.165) is 12.8 Å². The molecule has 0 unspecified atom stereocenters. The van der Waals surface area contributed by atoms with Crippen LogP contribution in [-0.4, -0.2) is 27.0 Å². The standard InChI is InChI=1S/C25H20ClN3O3/c26-21-12-6-4-10-19(21)24-28-27-23(32-24)16-29(17-14-15-17)25(30)20-11-5-7-13-22(20)31-18-8-2-1-3-9-18/h1-13,17H,14-16H2. The predicted molar refractivity (Wildman–Crippen MR) is 121 cm³/mol. The maximum absolute atomic E-state index is 13.5. The van der Waals surface area contributed by atoms with Gasteiger partial charge in [-0.3, -0.25) is 4.79 Å². The van der Waals surface area contributed by atoms with Crippen molar-refractivity contribution in [2.24, 2.45) is 0 Å². The summed E-state index contributed by atoms with van der Waals surface area (Å²) in [5, 5.41) is 8.80. The Morgan fingerprint density at radius 2 is 1.69 bits per heavy atom. The number of nitrogens with zero attached hydrogens (tertiary/aromatic N) is 3. The summed E-state index contributed by atoms with van der Waals surface area (Å²) in [6.45, 7) is 0.223. The first kappa shape index (κ1) is 20.3. The maximum Gasteiger partial charge on any atom is 0.258 e. The van der Waals surface area contributed by atoms with E-state index in [1.807, 2.05) is 60.7 Å². The molecule has 1 aromatic heterocycles. The lowest BCUT2D eigenvalue weighted by Gasteiger charge is -2.22. The van der Waals surface area contributed by atoms with Gasteiger partial charge in [0.05, 0.1) is 22.7 Å². The number of halogens is 1. The monoisotopic (exact) mass is 445 g/mol. The van der Waals surface area contributed by atoms with E-state index in [-0.39, 0.29) is 18.5 Å². The maximum atomic E-state index is 13.5. The highest BCUT2D eigenvalue weighted by molar-refractivity contribution is 6.33. The molecule has 160 valence electrons. The Labute approximate surface area is 190 Å². The van der Waals surface area contributed by atoms with Crippen LogP contribution in [0.25, 0.3) is 11.5 Å². The van der Waals surface area contributed by atoms with Gasteiger partial charge in [-0.2, -0.15) is 0 Å². The summed E-state index contributed by atoms with van der Waals surface area (Å²) >= 11 is 6.24. The molecule has 0 bridgehead atoms. The fourth-order valence-corrected chi connectivity index (χ4v) is 3.68. The number of rotatable bonds is 7. The van der Waals surface area contributed by atoms with Gasteiger partial charge in [0, 0.05) is 6.04 Å². The van der Waals surface area contributed by atoms with Crippen molar-refractivity contribution < 1.29 is 13.9 Å². The quantitative estimate of drug-likeness (QED) is 0.349. The molecule has 0 aliphatic heterocycles. The second kappa shape index (κ2) is 8.85. The van der Waals surface area contributed by atoms with Crippen molar-refractivity contribution in [3.8, 4) is 23.0 Å². The molecule has 1 aliphatic carbocycles. The fraction of sp³-hybridized carbons (Fsp3) is 0.160. The van der Waals surface area contributed by atoms with Crippen LogP contribution in [0.3, 0.4) is 0 Å². The number of ether oxygens (including phenoxy) is 1. The summed E-state index contributed by atoms with van der Waals surface area (Å²) in [5.74, 6) is 1.75. The second-order valence-electron chi connectivity index (χ2n) is 7.56. The Morgan fingerprint density at radius 3 is 2.47 bits per heavy atom. The zero-order valence-corrected chi connectivity index (χ0v) is 17.9. The van der Waals surface area contributed by atoms with Gasteiger partial charge in [-0.05, 0) is 49.2 Å². The van der Waals surface area contributed by atoms with Crippen molar-refractivity contribution in [1.29, 1.82) is 0 Å². The van der Waals surface area contributed by atoms with Crippen molar-refractivity contribution >= 4 is 17.5 Å². The first-order valence-corrected chi connectivity index (χ1v) is 10.8. The van der Waals surface area contributed by atoms with Gasteiger partial charge in [0.15, 0.2) is 0 Å². The first-order valence-electron chi connectivity index (χ1n) is 10.4. The van der Waals surface area contributed by atoms with Gasteiger partial charge in [-0.25, -0.2) is 0 Å². The zero-order valence-electron chi connectivity index (χ0n) is 17.1. The first-order chi connectivity index (χ1) is 15.7. The van der Waals surface area contributed by atoms with E-state index >= 15 is 0 Å². The summed E-state index contributed by atoms with van der Waals surface area (Å²) in [5.41, 5.74) is 1.16. The third kappa shape index (κ3) is 4.36. The summed E-state index contributed by atoms with van der Waals surface area (Å²) in [7, 11) is 0. The third-order valence-electron chi connectivity index (χ3n) is 5.21. The van der Waals surface area contributed by atoms with E-state index < -0.39 is 0 Å². The van der Waals surface area contributed by atoms with Crippen molar-refractivity contribution in [3.63, 3.8) is 0 Å². The van der Waals surface area contributed by atoms with Crippen LogP contribution in [0.4, 0.5) is 0 Å². The Balaban J connectivity index is 1.39. The van der Waals surface area contributed by atoms with Gasteiger partial charge in [-0.1, -0.05) is 54.1 Å². The minimum Gasteiger partial charge on any atom is -0.457 e. The van der Waals surface area contributed by atoms with Crippen LogP contribution in [0, 0.1) is 0 Å². The second-order valence-corrected chi connectivity index (χ2v) is 7.96. The molecule has 7 heteroatoms. The van der Waals surface area contributed by atoms with E-state index in [9.17, 15) is 4.79 Å². The largest absolute Gasteiger partial charge is 0.457 e. The molecule has 3 aromatic carbocycles. The van der Waals surface area contributed by atoms with Crippen molar-refractivity contribution in [3.05, 3.63) is 95.3 Å². The molecule has 1 fully saturated rings. The van der Waals surface area contributed by atoms with Gasteiger partial charge < -0.3 is 14.1 Å². The lowest BCUT2D eigenvalue weighted by Crippen LogP contribution is -2.33. The smallest absolute Gasteiger partial charge is 0.258 e. The summed E-state index contributed by atoms with van der Waals surface area (Å²) in [4.78, 5) is 15.3. The summed E-state index contributed by atoms with van der Waals surface area (Å²) in [6.07, 6.45) is 1.89. The normalized spacial score (nSPS) is 13.0. The molecule has 0 saturated heterocycles. The minimum atomic E-state index is -0.128. The molecule has 0 radical (unpaired) electrons. The fourth-order valence-electron chi connectivity index (χ4n) is 3.46. The number of carbonyl (C=O) groups is 1. The number of aromatic nitrogens is 2. The number of benzene rings is 3. The summed E-state index contributed by atoms with van der Waals surface area (Å²) in [6, 6.07) is 24.1. The average Bonchev–Trinajstić information content (AvgIpc) is 3.56. The Morgan fingerprint density at radius 1 is 0.969 bits per heavy atom. The van der Waals surface area contributed by atoms with Crippen molar-refractivity contribution in [1.82, 2.24) is 15.1 Å². The van der Waals surface area contributed by atoms with Gasteiger partial charge in [0.25, 0.3) is 5.91 Å². The molecule has 6 nitrogen and oxygen atoms in total. The Bertz CT molecular complexity index is 1240. The third-order valence-corrected chi connectivity index (χ3v) is 5.54. The van der Waals surface area contributed by atoms with Gasteiger partial charge in [-0.15, -0.1) is 10.2 Å². The molecule has 1 heterocycles. The van der Waals surface area contributed by atoms with Gasteiger partial charge in [0.2, 0.25) is 11.8 Å². The number of para-hydroxylation sites is 2. The van der Waals surface area contributed by atoms with Crippen LogP contribution in [0.1, 0.15) is 29.1 Å². The van der Waals surface area contributed by atoms with E-state index in [0.29, 0.717) is 39.4 Å². The SMILES string of the molecule is O=C(c1ccccc1Oc1ccccc1)N(Cc1nnc(-c2ccccc2Cl)o1)C1CC1. The van der Waals surface area contributed by atoms with Crippen molar-refractivity contribution in [2.75, 3.05) is 0 Å². The number of hydrogen-bond donors (Lipinski definition) is 0. The Hall–Kier alpha value is -3.64. The lowest BCUT2D eigenvalue weighted by atomic mass is 10.1. The number of carbonyl (C=O) groups excluding carboxylic acids is 1. The topological polar surface area (TPSA) is 68.5 Å². The number of hydrogen-bond acceptors (Lipinski definition) is 5. The minimum absolute atomic E-state index is 0.128. The van der Waals surface area contributed by atoms with Crippen LogP contribution in [0.5, 0.6) is 11.5 Å². The summed E-state index contributed by atoms with van der Waals surface area (Å²) < 4.78 is 11.8. The molecule has 1 saturated carbocycles. The highest BCUT2D eigenvalue weighted by Crippen LogP contribution is 2.33. The molecule has 1 amide bonds. The van der Waals surface area contributed by atoms with Crippen LogP contribution >= 0.6 is 11.6 Å². The van der Waals surface area contributed by atoms with E-state index in [4.69, 9.17) is 20.8 Å². The molecule has 5 rings (SSSR count). The van der Waals surface area contributed by atoms with Crippen molar-refractivity contribution in [2.45, 2.75) is 25.4 Å². The van der Waals surface area contributed by atoms with Crippen LogP contribution < -0.4 is 4.74 Å². The average molecular weight is 446 g/mol. The van der Waals surface area contributed by atoms with E-state index in [2.05, 4.69) is 10.2 Å². The number of amides is 1. The molecular formula is C25H20ClN3O3. The van der Waals surface area contributed by atoms with Gasteiger partial charge in [0.1, 0.15) is 11.5 Å². The highest BCUT2D eigenvalue weighted by Gasteiger charge is 2.35. The van der Waals surface area contributed by atoms with E-state index in [1.165, 1.54) is 0 Å². The zero-order chi connectivity index (χ0) is 21.9. The van der Waals surface area contributed by atoms with Crippen LogP contribution in [-0.2, 0) is 6.54 Å². The lowest BCUT2D eigenvalue weighted by molar-refractivity contribution is 0.0712. The molecule has 0 spiro atoms. The molecule has 4 aromatic rings. The van der Waals surface area contributed by atoms with Crippen LogP contribution in [0.2, 0.25) is 5.02 Å². The molecule has 1 aliphatic rings. The molecule has 32 heavy (non-hydrogen) atoms. The molecular weight excluding hydrogens is 426 g/mol. The van der Waals surface area contributed by atoms with E-state index in [1.54, 1.807) is 23.1 Å². The highest BCUT2D eigenvalue weighted by atomic mass is 35.5. The predicted octanol–water partition coefficient (Wildman–Crippen LogP) is 5.99. The Kier molecular flexibility index (Phi) is 5.60. The van der Waals surface area contributed by atoms with Gasteiger partial charge >= 0.3 is 0 Å². The molecule has 0 N–H and O–H groups in total. The molecule has 0 atom stereocenters. The van der Waals surface area contributed by atoms with Crippen LogP contribution in [0.15, 0.2) is 83.3 Å².